The van der Waals surface area contributed by atoms with Gasteiger partial charge in [0.15, 0.2) is 16.3 Å². The van der Waals surface area contributed by atoms with Crippen LogP contribution in [0.1, 0.15) is 55.6 Å². The van der Waals surface area contributed by atoms with Crippen LogP contribution >= 0.6 is 22.9 Å². The van der Waals surface area contributed by atoms with Crippen molar-refractivity contribution in [2.24, 2.45) is 0 Å². The third kappa shape index (κ3) is 3.08. The van der Waals surface area contributed by atoms with Crippen LogP contribution in [0.25, 0.3) is 11.0 Å². The summed E-state index contributed by atoms with van der Waals surface area (Å²) in [6, 6.07) is 11.5. The van der Waals surface area contributed by atoms with E-state index in [4.69, 9.17) is 16.0 Å². The quantitative estimate of drug-likeness (QED) is 0.375. The summed E-state index contributed by atoms with van der Waals surface area (Å²) >= 11 is 7.21. The first-order chi connectivity index (χ1) is 15.3. The summed E-state index contributed by atoms with van der Waals surface area (Å²) in [6.07, 6.45) is 0. The lowest BCUT2D eigenvalue weighted by molar-refractivity contribution is 0.0969. The molecule has 3 heterocycles. The Kier molecular flexibility index (Phi) is 4.76. The molecule has 6 nitrogen and oxygen atoms in total. The van der Waals surface area contributed by atoms with Gasteiger partial charge in [0.05, 0.1) is 27.6 Å². The van der Waals surface area contributed by atoms with E-state index in [0.717, 1.165) is 16.9 Å². The normalized spacial score (nSPS) is 15.4. The van der Waals surface area contributed by atoms with E-state index in [9.17, 15) is 14.4 Å². The van der Waals surface area contributed by atoms with Crippen LogP contribution in [0.4, 0.5) is 5.13 Å². The summed E-state index contributed by atoms with van der Waals surface area (Å²) < 4.78 is 5.96. The number of thiazole rings is 1. The standard InChI is InChI=1S/C24H17ClN2O4S/c1-11-4-9-17-16(10-11)20(29)18-19(14-5-7-15(25)8-6-14)27(23(30)21(18)31-17)24-26-12(2)22(32-24)13(3)28/h4-10,19H,1-3H3. The summed E-state index contributed by atoms with van der Waals surface area (Å²) in [4.78, 5) is 45.5. The average molecular weight is 465 g/mol. The lowest BCUT2D eigenvalue weighted by atomic mass is 9.98. The Labute approximate surface area is 192 Å². The lowest BCUT2D eigenvalue weighted by Gasteiger charge is -2.22. The molecule has 32 heavy (non-hydrogen) atoms. The molecule has 0 N–H and O–H groups in total. The molecular weight excluding hydrogens is 448 g/mol. The van der Waals surface area contributed by atoms with E-state index in [1.807, 2.05) is 13.0 Å². The second kappa shape index (κ2) is 7.39. The molecule has 1 aliphatic heterocycles. The molecule has 0 spiro atoms. The number of hydrogen-bond acceptors (Lipinski definition) is 6. The molecule has 8 heteroatoms. The van der Waals surface area contributed by atoms with Gasteiger partial charge >= 0.3 is 0 Å². The van der Waals surface area contributed by atoms with E-state index in [-0.39, 0.29) is 22.5 Å². The highest BCUT2D eigenvalue weighted by Crippen LogP contribution is 2.43. The molecule has 0 saturated heterocycles. The van der Waals surface area contributed by atoms with Gasteiger partial charge in [-0.15, -0.1) is 0 Å². The lowest BCUT2D eigenvalue weighted by Crippen LogP contribution is -2.29. The van der Waals surface area contributed by atoms with Crippen LogP contribution < -0.4 is 10.3 Å². The fraction of sp³-hybridized carbons (Fsp3) is 0.167. The van der Waals surface area contributed by atoms with Gasteiger partial charge in [-0.25, -0.2) is 4.98 Å². The van der Waals surface area contributed by atoms with Crippen molar-refractivity contribution in [3.8, 4) is 0 Å². The minimum atomic E-state index is -0.749. The number of fused-ring (bicyclic) bond motifs is 2. The zero-order chi connectivity index (χ0) is 22.7. The maximum absolute atomic E-state index is 13.6. The highest BCUT2D eigenvalue weighted by Gasteiger charge is 2.45. The first kappa shape index (κ1) is 20.6. The van der Waals surface area contributed by atoms with Crippen molar-refractivity contribution >= 4 is 50.7 Å². The third-order valence-electron chi connectivity index (χ3n) is 5.52. The zero-order valence-electron chi connectivity index (χ0n) is 17.4. The number of benzene rings is 2. The maximum atomic E-state index is 13.6. The number of carbonyl (C=O) groups excluding carboxylic acids is 2. The first-order valence-corrected chi connectivity index (χ1v) is 11.1. The van der Waals surface area contributed by atoms with Crippen LogP contribution in [0.3, 0.4) is 0 Å². The number of aromatic nitrogens is 1. The van der Waals surface area contributed by atoms with Crippen molar-refractivity contribution in [3.63, 3.8) is 0 Å². The van der Waals surface area contributed by atoms with Crippen LogP contribution in [0.15, 0.2) is 51.7 Å². The number of aryl methyl sites for hydroxylation is 2. The number of Topliss-reactive ketones (excluding diaryl/α,β-unsaturated/α-hetero) is 1. The van der Waals surface area contributed by atoms with Gasteiger partial charge in [-0.05, 0) is 43.7 Å². The highest BCUT2D eigenvalue weighted by molar-refractivity contribution is 7.17. The van der Waals surface area contributed by atoms with Gasteiger partial charge in [-0.2, -0.15) is 0 Å². The number of carbonyl (C=O) groups is 2. The van der Waals surface area contributed by atoms with E-state index in [1.54, 1.807) is 43.3 Å². The molecule has 1 aliphatic rings. The van der Waals surface area contributed by atoms with Crippen molar-refractivity contribution in [3.05, 3.63) is 90.7 Å². The van der Waals surface area contributed by atoms with Gasteiger partial charge in [0.2, 0.25) is 5.76 Å². The van der Waals surface area contributed by atoms with Crippen molar-refractivity contribution in [2.45, 2.75) is 26.8 Å². The number of halogens is 1. The number of ketones is 1. The van der Waals surface area contributed by atoms with Crippen molar-refractivity contribution in [1.29, 1.82) is 0 Å². The van der Waals surface area contributed by atoms with Crippen LogP contribution in [-0.2, 0) is 0 Å². The predicted molar refractivity (Wildman–Crippen MR) is 124 cm³/mol. The Bertz CT molecular complexity index is 1490. The van der Waals surface area contributed by atoms with E-state index in [2.05, 4.69) is 4.98 Å². The van der Waals surface area contributed by atoms with Crippen molar-refractivity contribution in [2.75, 3.05) is 4.90 Å². The van der Waals surface area contributed by atoms with Crippen molar-refractivity contribution < 1.29 is 14.0 Å². The maximum Gasteiger partial charge on any atom is 0.297 e. The Morgan fingerprint density at radius 2 is 1.84 bits per heavy atom. The van der Waals surface area contributed by atoms with Crippen LogP contribution in [0, 0.1) is 13.8 Å². The van der Waals surface area contributed by atoms with Gasteiger partial charge in [-0.3, -0.25) is 19.3 Å². The van der Waals surface area contributed by atoms with E-state index < -0.39 is 11.9 Å². The number of hydrogen-bond donors (Lipinski definition) is 0. The molecule has 0 radical (unpaired) electrons. The largest absolute Gasteiger partial charge is 0.450 e. The highest BCUT2D eigenvalue weighted by atomic mass is 35.5. The number of rotatable bonds is 3. The van der Waals surface area contributed by atoms with Crippen LogP contribution in [-0.4, -0.2) is 16.7 Å². The molecule has 1 atom stereocenters. The smallest absolute Gasteiger partial charge is 0.297 e. The SMILES string of the molecule is CC(=O)c1sc(N2C(=O)c3oc4ccc(C)cc4c(=O)c3C2c2ccc(Cl)cc2)nc1C. The molecule has 0 fully saturated rings. The first-order valence-electron chi connectivity index (χ1n) is 9.91. The fourth-order valence-electron chi connectivity index (χ4n) is 4.06. The summed E-state index contributed by atoms with van der Waals surface area (Å²) in [5.74, 6) is -0.610. The van der Waals surface area contributed by atoms with Gasteiger partial charge in [-0.1, -0.05) is 46.7 Å². The summed E-state index contributed by atoms with van der Waals surface area (Å²) in [7, 11) is 0. The topological polar surface area (TPSA) is 80.5 Å². The van der Waals surface area contributed by atoms with E-state index in [1.165, 1.54) is 11.8 Å². The molecule has 1 amide bonds. The molecule has 0 saturated carbocycles. The molecule has 0 aliphatic carbocycles. The van der Waals surface area contributed by atoms with Crippen LogP contribution in [0.2, 0.25) is 5.02 Å². The van der Waals surface area contributed by atoms with E-state index in [0.29, 0.717) is 37.3 Å². The Morgan fingerprint density at radius 1 is 1.12 bits per heavy atom. The Hall–Kier alpha value is -3.29. The molecular formula is C24H17ClN2O4S. The van der Waals surface area contributed by atoms with Gasteiger partial charge in [0.25, 0.3) is 5.91 Å². The minimum Gasteiger partial charge on any atom is -0.450 e. The predicted octanol–water partition coefficient (Wildman–Crippen LogP) is 5.47. The molecule has 2 aromatic heterocycles. The second-order valence-electron chi connectivity index (χ2n) is 7.77. The molecule has 1 unspecified atom stereocenters. The number of nitrogens with zero attached hydrogens (tertiary/aromatic N) is 2. The van der Waals surface area contributed by atoms with Gasteiger partial charge in [0.1, 0.15) is 5.58 Å². The van der Waals surface area contributed by atoms with Gasteiger partial charge < -0.3 is 4.42 Å². The second-order valence-corrected chi connectivity index (χ2v) is 9.18. The zero-order valence-corrected chi connectivity index (χ0v) is 19.0. The van der Waals surface area contributed by atoms with E-state index >= 15 is 0 Å². The molecule has 4 aromatic rings. The summed E-state index contributed by atoms with van der Waals surface area (Å²) in [5.41, 5.74) is 2.49. The molecule has 2 aromatic carbocycles. The monoisotopic (exact) mass is 464 g/mol. The number of amides is 1. The molecule has 5 rings (SSSR count). The van der Waals surface area contributed by atoms with Gasteiger partial charge in [0, 0.05) is 11.9 Å². The summed E-state index contributed by atoms with van der Waals surface area (Å²) in [6.45, 7) is 5.08. The fourth-order valence-corrected chi connectivity index (χ4v) is 5.17. The van der Waals surface area contributed by atoms with Crippen LogP contribution in [0.5, 0.6) is 0 Å². The average Bonchev–Trinajstić information content (AvgIpc) is 3.27. The number of anilines is 1. The minimum absolute atomic E-state index is 0.0106. The third-order valence-corrected chi connectivity index (χ3v) is 7.03. The Morgan fingerprint density at radius 3 is 2.50 bits per heavy atom. The summed E-state index contributed by atoms with van der Waals surface area (Å²) in [5, 5.41) is 1.29. The molecule has 160 valence electrons. The Balaban J connectivity index is 1.81. The van der Waals surface area contributed by atoms with Crippen molar-refractivity contribution in [1.82, 2.24) is 4.98 Å². The molecule has 0 bridgehead atoms.